The van der Waals surface area contributed by atoms with Crippen LogP contribution in [0.4, 0.5) is 8.28 Å². The molecule has 0 radical (unpaired) electrons. The fraction of sp³-hybridized carbons (Fsp3) is 1.00. The minimum absolute atomic E-state index is 0.160. The molecule has 0 N–H and O–H groups in total. The minimum Gasteiger partial charge on any atom is -0.355 e. The van der Waals surface area contributed by atoms with Gasteiger partial charge in [-0.15, -0.1) is 3.89 Å². The Morgan fingerprint density at radius 1 is 0.583 bits per heavy atom. The second-order valence-electron chi connectivity index (χ2n) is 14.7. The van der Waals surface area contributed by atoms with Crippen LogP contribution in [0.3, 0.4) is 0 Å². The van der Waals surface area contributed by atoms with Crippen LogP contribution in [0.5, 0.6) is 0 Å². The summed E-state index contributed by atoms with van der Waals surface area (Å²) in [5.74, 6) is 3.08. The van der Waals surface area contributed by atoms with Crippen molar-refractivity contribution in [3.63, 3.8) is 0 Å². The molecule has 0 aromatic heterocycles. The third-order valence-corrected chi connectivity index (χ3v) is 10.8. The van der Waals surface area contributed by atoms with Crippen LogP contribution in [-0.4, -0.2) is 69.3 Å². The van der Waals surface area contributed by atoms with Gasteiger partial charge in [0.05, 0.1) is 12.4 Å². The maximum Gasteiger partial charge on any atom is 0.335 e. The molecule has 8 atom stereocenters. The lowest BCUT2D eigenvalue weighted by molar-refractivity contribution is -0.0614. The fourth-order valence-corrected chi connectivity index (χ4v) is 8.02. The Hall–Kier alpha value is -0.530. The number of hydrogen-bond donors (Lipinski definition) is 0. The molecule has 0 aromatic carbocycles. The molecule has 1 heterocycles. The van der Waals surface area contributed by atoms with Gasteiger partial charge < -0.3 is 18.9 Å². The Kier molecular flexibility index (Phi) is 29.8. The van der Waals surface area contributed by atoms with Crippen LogP contribution in [0.25, 0.3) is 0 Å². The molecule has 0 spiro atoms. The lowest BCUT2D eigenvalue weighted by Crippen LogP contribution is -2.18. The maximum absolute atomic E-state index is 13.5. The van der Waals surface area contributed by atoms with Crippen LogP contribution in [0, 0.1) is 47.3 Å². The summed E-state index contributed by atoms with van der Waals surface area (Å²) in [4.78, 5) is 0. The van der Waals surface area contributed by atoms with Crippen LogP contribution in [0.1, 0.15) is 131 Å². The van der Waals surface area contributed by atoms with E-state index in [-0.39, 0.29) is 19.4 Å². The Morgan fingerprint density at radius 2 is 0.958 bits per heavy atom. The van der Waals surface area contributed by atoms with Gasteiger partial charge in [0.25, 0.3) is 0 Å². The van der Waals surface area contributed by atoms with Crippen LogP contribution in [0.2, 0.25) is 0 Å². The summed E-state index contributed by atoms with van der Waals surface area (Å²) in [5.41, 5.74) is 0. The van der Waals surface area contributed by atoms with E-state index >= 15 is 0 Å². The summed E-state index contributed by atoms with van der Waals surface area (Å²) >= 11 is -0.750. The number of rotatable bonds is 7. The average Bonchev–Trinajstić information content (AvgIpc) is 3.00. The van der Waals surface area contributed by atoms with Crippen molar-refractivity contribution < 1.29 is 44.1 Å². The van der Waals surface area contributed by atoms with Crippen LogP contribution in [-0.2, 0) is 40.7 Å². The first-order valence-electron chi connectivity index (χ1n) is 18.6. The van der Waals surface area contributed by atoms with Gasteiger partial charge in [-0.3, -0.25) is 4.39 Å². The summed E-state index contributed by atoms with van der Waals surface area (Å²) in [7, 11) is -4.48. The summed E-state index contributed by atoms with van der Waals surface area (Å²) < 4.78 is 89.4. The molecule has 1 rings (SSSR count). The molecule has 288 valence electrons. The molecule has 0 bridgehead atoms. The van der Waals surface area contributed by atoms with Gasteiger partial charge in [-0.2, -0.15) is 16.8 Å². The zero-order valence-electron chi connectivity index (χ0n) is 31.0. The third-order valence-electron chi connectivity index (χ3n) is 10.0. The highest BCUT2D eigenvalue weighted by Gasteiger charge is 2.23. The van der Waals surface area contributed by atoms with Gasteiger partial charge >= 0.3 is 21.8 Å². The molecule has 48 heavy (non-hydrogen) atoms. The Labute approximate surface area is 296 Å². The van der Waals surface area contributed by atoms with Crippen LogP contribution < -0.4 is 0 Å². The minimum atomic E-state index is -4.48. The lowest BCUT2D eigenvalue weighted by atomic mass is 9.81. The quantitative estimate of drug-likeness (QED) is 0.239. The third kappa shape index (κ3) is 28.2. The molecule has 0 saturated carbocycles. The molecule has 1 saturated heterocycles. The molecule has 0 amide bonds. The van der Waals surface area contributed by atoms with E-state index in [9.17, 15) is 16.7 Å². The fourth-order valence-electron chi connectivity index (χ4n) is 7.41. The molecule has 1 fully saturated rings. The van der Waals surface area contributed by atoms with Gasteiger partial charge in [0.2, 0.25) is 0 Å². The van der Waals surface area contributed by atoms with Crippen molar-refractivity contribution in [3.05, 3.63) is 0 Å². The van der Waals surface area contributed by atoms with E-state index in [1.165, 1.54) is 0 Å². The van der Waals surface area contributed by atoms with Crippen molar-refractivity contribution in [1.82, 2.24) is 0 Å². The van der Waals surface area contributed by atoms with E-state index in [1.54, 1.807) is 0 Å². The zero-order chi connectivity index (χ0) is 36.2. The van der Waals surface area contributed by atoms with E-state index in [4.69, 9.17) is 27.4 Å². The molecular weight excluding hydrogens is 663 g/mol. The summed E-state index contributed by atoms with van der Waals surface area (Å²) in [5, 5.41) is 0. The standard InChI is InChI=1S/C36H70F2O6S.O2S/c1-7-33-12-18-43-28-44-19-13-34(8-2)26-36(14-20-45(38,39)40)24-32(6)22-30(4)11-17-42-27-41-16-10-29(3)21-31(5)23-35(25-33)9-15-37;1-3-2/h29-36H,7-28H2,1-6H3;. The number of ether oxygens (including phenoxy) is 4. The van der Waals surface area contributed by atoms with Crippen molar-refractivity contribution >= 4 is 21.8 Å². The van der Waals surface area contributed by atoms with Crippen molar-refractivity contribution in [2.75, 3.05) is 52.4 Å². The zero-order valence-corrected chi connectivity index (χ0v) is 32.6. The van der Waals surface area contributed by atoms with Crippen LogP contribution in [0.15, 0.2) is 0 Å². The molecular formula is C36H70F2O8S2. The second-order valence-corrected chi connectivity index (χ2v) is 16.3. The van der Waals surface area contributed by atoms with Crippen molar-refractivity contribution in [3.8, 4) is 0 Å². The Balaban J connectivity index is 0.00000707. The van der Waals surface area contributed by atoms with E-state index in [2.05, 4.69) is 41.5 Å². The first kappa shape index (κ1) is 47.5. The van der Waals surface area contributed by atoms with Gasteiger partial charge in [-0.05, 0) is 124 Å². The Morgan fingerprint density at radius 3 is 1.31 bits per heavy atom. The first-order valence-corrected chi connectivity index (χ1v) is 20.8. The van der Waals surface area contributed by atoms with Gasteiger partial charge in [0, 0.05) is 26.4 Å². The van der Waals surface area contributed by atoms with Gasteiger partial charge in [0.15, 0.2) is 0 Å². The van der Waals surface area contributed by atoms with Crippen molar-refractivity contribution in [2.45, 2.75) is 131 Å². The first-order chi connectivity index (χ1) is 22.9. The van der Waals surface area contributed by atoms with Crippen molar-refractivity contribution in [1.29, 1.82) is 0 Å². The van der Waals surface area contributed by atoms with E-state index in [0.29, 0.717) is 87.5 Å². The summed E-state index contributed by atoms with van der Waals surface area (Å²) in [6.07, 6.45) is 12.9. The van der Waals surface area contributed by atoms with Gasteiger partial charge in [-0.25, -0.2) is 0 Å². The molecule has 1 aliphatic heterocycles. The topological polar surface area (TPSA) is 105 Å². The molecule has 12 heteroatoms. The van der Waals surface area contributed by atoms with Gasteiger partial charge in [0.1, 0.15) is 13.6 Å². The number of alkyl halides is 1. The lowest BCUT2D eigenvalue weighted by Gasteiger charge is -2.27. The highest BCUT2D eigenvalue weighted by atomic mass is 32.3. The SMILES string of the molecule is CCC1CCOCOCCC(CC)CC(CCS(=O)(=O)F)CC(C)CC(C)CCOCOCCC(C)CC(C)CC(CCF)C1.O=S=O. The average molecular weight is 733 g/mol. The smallest absolute Gasteiger partial charge is 0.335 e. The maximum atomic E-state index is 13.5. The molecule has 8 unspecified atom stereocenters. The highest BCUT2D eigenvalue weighted by molar-refractivity contribution is 7.86. The van der Waals surface area contributed by atoms with E-state index in [0.717, 1.165) is 77.0 Å². The largest absolute Gasteiger partial charge is 0.355 e. The molecule has 0 aromatic rings. The summed E-state index contributed by atoms with van der Waals surface area (Å²) in [6.45, 7) is 16.3. The van der Waals surface area contributed by atoms with Crippen LogP contribution >= 0.6 is 0 Å². The molecule has 0 aliphatic carbocycles. The molecule has 1 aliphatic rings. The normalized spacial score (nSPS) is 31.3. The highest BCUT2D eigenvalue weighted by Crippen LogP contribution is 2.32. The van der Waals surface area contributed by atoms with Crippen molar-refractivity contribution in [2.24, 2.45) is 47.3 Å². The predicted octanol–water partition coefficient (Wildman–Crippen LogP) is 9.09. The predicted molar refractivity (Wildman–Crippen MR) is 190 cm³/mol. The van der Waals surface area contributed by atoms with E-state index in [1.807, 2.05) is 0 Å². The second kappa shape index (κ2) is 30.1. The van der Waals surface area contributed by atoms with Gasteiger partial charge in [-0.1, -0.05) is 54.4 Å². The Bertz CT molecular complexity index is 891. The summed E-state index contributed by atoms with van der Waals surface area (Å²) in [6, 6.07) is 0. The molecule has 8 nitrogen and oxygen atoms in total. The number of hydrogen-bond acceptors (Lipinski definition) is 8. The monoisotopic (exact) mass is 732 g/mol. The number of halogens is 2. The van der Waals surface area contributed by atoms with E-state index < -0.39 is 27.5 Å².